The monoisotopic (exact) mass is 1170 g/mol. The summed E-state index contributed by atoms with van der Waals surface area (Å²) in [7, 11) is -0.374. The molecule has 0 spiro atoms. The van der Waals surface area contributed by atoms with Crippen LogP contribution in [0.5, 0.6) is 11.8 Å². The second-order valence-corrected chi connectivity index (χ2v) is 24.7. The van der Waals surface area contributed by atoms with Crippen LogP contribution >= 0.6 is 0 Å². The molecule has 0 radical (unpaired) electrons. The van der Waals surface area contributed by atoms with Crippen molar-refractivity contribution in [1.82, 2.24) is 19.9 Å². The molecule has 450 valence electrons. The van der Waals surface area contributed by atoms with Gasteiger partial charge in [0.15, 0.2) is 35.6 Å². The van der Waals surface area contributed by atoms with E-state index in [-0.39, 0.29) is 79.5 Å². The second kappa shape index (κ2) is 24.2. The molecule has 0 amide bonds. The van der Waals surface area contributed by atoms with Crippen molar-refractivity contribution in [3.8, 4) is 56.5 Å². The van der Waals surface area contributed by atoms with E-state index in [1.165, 1.54) is 17.7 Å². The minimum absolute atomic E-state index is 0.225. The number of aromatic nitrogens is 4. The fourth-order valence-electron chi connectivity index (χ4n) is 10.7. The highest BCUT2D eigenvalue weighted by Crippen LogP contribution is 2.38. The Labute approximate surface area is 498 Å². The highest BCUT2D eigenvalue weighted by molar-refractivity contribution is 6.51. The molecule has 4 aromatic carbocycles. The summed E-state index contributed by atoms with van der Waals surface area (Å²) in [6.07, 6.45) is 1.91. The number of aromatic amines is 2. The van der Waals surface area contributed by atoms with Gasteiger partial charge in [0.1, 0.15) is 48.0 Å². The Morgan fingerprint density at radius 1 is 0.535 bits per heavy atom. The lowest BCUT2D eigenvalue weighted by molar-refractivity contribution is 0.00578. The predicted molar refractivity (Wildman–Crippen MR) is 325 cm³/mol. The summed E-state index contributed by atoms with van der Waals surface area (Å²) in [6.45, 7) is 18.1. The van der Waals surface area contributed by atoms with Crippen LogP contribution in [0.2, 0.25) is 0 Å². The molecule has 8 atom stereocenters. The molecule has 4 aromatic heterocycles. The molecule has 6 N–H and O–H groups in total. The summed E-state index contributed by atoms with van der Waals surface area (Å²) >= 11 is 0. The summed E-state index contributed by atoms with van der Waals surface area (Å²) in [6, 6.07) is 38.0. The van der Waals surface area contributed by atoms with Crippen molar-refractivity contribution in [2.45, 2.75) is 134 Å². The van der Waals surface area contributed by atoms with E-state index in [0.29, 0.717) is 58.2 Å². The Morgan fingerprint density at radius 3 is 1.31 bits per heavy atom. The summed E-state index contributed by atoms with van der Waals surface area (Å²) in [5, 5.41) is 39.2. The van der Waals surface area contributed by atoms with E-state index in [4.69, 9.17) is 37.7 Å². The number of fused-ring (bicyclic) bond motifs is 4. The molecular weight excluding hydrogens is 1100 g/mol. The molecule has 13 rings (SSSR count). The highest BCUT2D eigenvalue weighted by Gasteiger charge is 2.51. The van der Waals surface area contributed by atoms with Crippen LogP contribution in [0.25, 0.3) is 72.9 Å². The molecule has 0 saturated carbocycles. The zero-order chi connectivity index (χ0) is 60.9. The van der Waals surface area contributed by atoms with Crippen LogP contribution in [0.3, 0.4) is 0 Å². The van der Waals surface area contributed by atoms with Crippen molar-refractivity contribution in [2.24, 2.45) is 0 Å². The number of aryl methyl sites for hydroxylation is 1. The van der Waals surface area contributed by atoms with Gasteiger partial charge < -0.3 is 68.1 Å². The number of nitrogens with one attached hydrogen (secondary N) is 2. The van der Waals surface area contributed by atoms with E-state index in [1.807, 2.05) is 107 Å². The largest absolute Gasteiger partial charge is 0.486 e. The minimum atomic E-state index is -0.862. The average Bonchev–Trinajstić information content (AvgIpc) is 2.89. The number of aliphatic hydroxyl groups is 4. The summed E-state index contributed by atoms with van der Waals surface area (Å²) < 4.78 is 75.9. The number of H-pyrrole nitrogens is 2. The van der Waals surface area contributed by atoms with Crippen molar-refractivity contribution in [1.29, 1.82) is 0 Å². The lowest BCUT2D eigenvalue weighted by atomic mass is 9.88. The van der Waals surface area contributed by atoms with Gasteiger partial charge in [0.05, 0.1) is 70.9 Å². The molecular formula is C67H73BF2N4O12. The zero-order valence-corrected chi connectivity index (χ0v) is 49.6. The van der Waals surface area contributed by atoms with E-state index in [0.717, 1.165) is 27.8 Å². The number of halogens is 2. The van der Waals surface area contributed by atoms with Crippen molar-refractivity contribution < 1.29 is 66.9 Å². The average molecular weight is 1180 g/mol. The first-order chi connectivity index (χ1) is 40.8. The summed E-state index contributed by atoms with van der Waals surface area (Å²) in [4.78, 5) is 15.2. The Morgan fingerprint density at radius 2 is 0.907 bits per heavy atom. The number of nitrogens with zero attached hydrogens (tertiary/aromatic N) is 2. The molecule has 5 aliphatic heterocycles. The van der Waals surface area contributed by atoms with E-state index in [1.54, 1.807) is 58.0 Å². The summed E-state index contributed by atoms with van der Waals surface area (Å²) in [5.41, 5.74) is 8.26. The maximum atomic E-state index is 15.0. The fraction of sp³-hybridized carbons (Fsp3) is 0.373. The van der Waals surface area contributed by atoms with Gasteiger partial charge in [0.25, 0.3) is 0 Å². The van der Waals surface area contributed by atoms with E-state index >= 15 is 4.39 Å². The van der Waals surface area contributed by atoms with Crippen LogP contribution in [0.1, 0.15) is 66.5 Å². The maximum absolute atomic E-state index is 15.0. The van der Waals surface area contributed by atoms with Gasteiger partial charge in [-0.15, -0.1) is 0 Å². The Kier molecular flexibility index (Phi) is 17.0. The Hall–Kier alpha value is -7.14. The first kappa shape index (κ1) is 60.5. The van der Waals surface area contributed by atoms with Crippen LogP contribution in [0.15, 0.2) is 139 Å². The molecule has 5 aliphatic rings. The van der Waals surface area contributed by atoms with E-state index in [2.05, 4.69) is 51.1 Å². The number of rotatable bonds is 12. The lowest BCUT2D eigenvalue weighted by Crippen LogP contribution is -2.41. The molecule has 0 unspecified atom stereocenters. The van der Waals surface area contributed by atoms with Crippen LogP contribution < -0.4 is 9.47 Å². The number of hydrogen-bond donors (Lipinski definition) is 6. The van der Waals surface area contributed by atoms with Gasteiger partial charge in [0.2, 0.25) is 0 Å². The van der Waals surface area contributed by atoms with Crippen LogP contribution in [0, 0.1) is 18.6 Å². The Bertz CT molecular complexity index is 3710. The molecule has 5 fully saturated rings. The normalized spacial score (nSPS) is 24.1. The molecule has 0 bridgehead atoms. The van der Waals surface area contributed by atoms with Gasteiger partial charge in [-0.25, -0.2) is 18.7 Å². The standard InChI is InChI=1S/C30H29FN2O5.C26H23FN2O4.C11H21BO3/c1-30(2,35)12-11-17-3-5-18(6-4-17)19-7-9-20(10-8-19)27-21(31)13-22-23(33-27)14-26(32-22)38-25-16-37-28-24(34)15-36-29(25)28;1-14-2-4-15(5-3-14)16-6-8-17(9-7-16)24-18(27)10-19-20(29-24)11-23(28-19)33-22-13-32-25-21(30)12-31-26(22)25;1-9(2,13)7-8-12-14-10(3,4)11(5,6)15-12/h3-14,24-25,28-29,32,34-35H,15-16H2,1-2H3;2-11,21-22,25-26,28,30H,12-13H2,1H3;7-8,13H,1-6H3/b12-11+;;8-7+/t24-,25-,28-,29-;21-,22-,25-,26-;/m11./s1. The third-order valence-electron chi connectivity index (χ3n) is 16.1. The fourth-order valence-corrected chi connectivity index (χ4v) is 10.7. The molecule has 0 aliphatic carbocycles. The third kappa shape index (κ3) is 13.7. The van der Waals surface area contributed by atoms with Crippen molar-refractivity contribution in [3.63, 3.8) is 0 Å². The molecule has 16 nitrogen and oxygen atoms in total. The zero-order valence-electron chi connectivity index (χ0n) is 49.6. The third-order valence-corrected chi connectivity index (χ3v) is 16.1. The summed E-state index contributed by atoms with van der Waals surface area (Å²) in [5.74, 6) is 1.82. The van der Waals surface area contributed by atoms with Gasteiger partial charge in [0, 0.05) is 35.4 Å². The van der Waals surface area contributed by atoms with Crippen molar-refractivity contribution in [2.75, 3.05) is 26.4 Å². The number of pyridine rings is 2. The first-order valence-corrected chi connectivity index (χ1v) is 28.9. The lowest BCUT2D eigenvalue weighted by Gasteiger charge is -2.32. The van der Waals surface area contributed by atoms with Crippen LogP contribution in [-0.2, 0) is 28.3 Å². The molecule has 86 heavy (non-hydrogen) atoms. The minimum Gasteiger partial charge on any atom is -0.470 e. The topological polar surface area (TPSA) is 212 Å². The quantitative estimate of drug-likeness (QED) is 0.0629. The van der Waals surface area contributed by atoms with E-state index in [9.17, 15) is 24.8 Å². The van der Waals surface area contributed by atoms with Crippen molar-refractivity contribution >= 4 is 35.3 Å². The molecule has 9 heterocycles. The number of ether oxygens (including phenoxy) is 6. The smallest absolute Gasteiger partial charge is 0.470 e. The first-order valence-electron chi connectivity index (χ1n) is 28.9. The van der Waals surface area contributed by atoms with Crippen LogP contribution in [0.4, 0.5) is 8.78 Å². The predicted octanol–water partition coefficient (Wildman–Crippen LogP) is 10.9. The van der Waals surface area contributed by atoms with Gasteiger partial charge >= 0.3 is 7.12 Å². The van der Waals surface area contributed by atoms with Crippen LogP contribution in [-0.4, -0.2) is 145 Å². The van der Waals surface area contributed by atoms with Gasteiger partial charge in [-0.05, 0) is 90.1 Å². The molecule has 8 aromatic rings. The molecule has 5 saturated heterocycles. The number of benzene rings is 4. The number of hydrogen-bond acceptors (Lipinski definition) is 14. The van der Waals surface area contributed by atoms with Crippen molar-refractivity contribution in [3.05, 3.63) is 162 Å². The maximum Gasteiger partial charge on any atom is 0.486 e. The second-order valence-electron chi connectivity index (χ2n) is 24.7. The number of aliphatic hydroxyl groups excluding tert-OH is 2. The van der Waals surface area contributed by atoms with Gasteiger partial charge in [-0.1, -0.05) is 127 Å². The highest BCUT2D eigenvalue weighted by atomic mass is 19.1. The van der Waals surface area contributed by atoms with E-state index < -0.39 is 35.0 Å². The molecule has 19 heteroatoms. The van der Waals surface area contributed by atoms with Gasteiger partial charge in [-0.2, -0.15) is 0 Å². The SMILES string of the molecule is CC(C)(O)/C=C/B1OC(C)(C)C(C)(C)O1.CC(C)(O)/C=C/c1ccc(-c2ccc(-c3nc4cc(O[C@@H]5CO[C@H]6[C@@H]5OC[C@H]6O)[nH]c4cc3F)cc2)cc1.Cc1ccc(-c2ccc(-c3nc4cc(O[C@@H]5CO[C@H]6[C@@H]5OC[C@H]6O)[nH]c4cc3F)cc2)cc1. The van der Waals surface area contributed by atoms with Gasteiger partial charge in [-0.3, -0.25) is 0 Å². The Balaban J connectivity index is 0.000000146.